The van der Waals surface area contributed by atoms with Gasteiger partial charge in [0, 0.05) is 23.5 Å². The summed E-state index contributed by atoms with van der Waals surface area (Å²) in [5, 5.41) is 1.54. The summed E-state index contributed by atoms with van der Waals surface area (Å²) in [5.74, 6) is 0.214. The Kier molecular flexibility index (Phi) is 6.74. The number of sulfonamides is 1. The van der Waals surface area contributed by atoms with E-state index in [0.29, 0.717) is 22.5 Å². The molecule has 2 unspecified atom stereocenters. The van der Waals surface area contributed by atoms with E-state index in [1.807, 2.05) is 0 Å². The summed E-state index contributed by atoms with van der Waals surface area (Å²) in [6.45, 7) is 2.65. The standard InChI is InChI=1S/C20H28ClN3O2S/c1-2-3-4-5-8-15-9-7-14-24(20(15)22)27(25,26)18-11-6-10-17-16(18)12-13-23-19(17)21/h6,10-13,15,20H,2-5,7-9,14,22H2,1H3. The summed E-state index contributed by atoms with van der Waals surface area (Å²) in [6.07, 6.45) is 8.58. The van der Waals surface area contributed by atoms with Gasteiger partial charge in [0.1, 0.15) is 5.15 Å². The Balaban J connectivity index is 1.87. The second-order valence-corrected chi connectivity index (χ2v) is 9.53. The molecule has 2 aromatic rings. The molecule has 7 heteroatoms. The molecule has 2 heterocycles. The number of aromatic nitrogens is 1. The Labute approximate surface area is 167 Å². The van der Waals surface area contributed by atoms with Gasteiger partial charge in [0.05, 0.1) is 11.1 Å². The molecule has 0 bridgehead atoms. The molecule has 0 saturated carbocycles. The van der Waals surface area contributed by atoms with Crippen LogP contribution >= 0.6 is 11.6 Å². The molecule has 1 saturated heterocycles. The van der Waals surface area contributed by atoms with Gasteiger partial charge >= 0.3 is 0 Å². The third kappa shape index (κ3) is 4.29. The highest BCUT2D eigenvalue weighted by Gasteiger charge is 2.37. The fourth-order valence-corrected chi connectivity index (χ4v) is 6.03. The first-order valence-corrected chi connectivity index (χ1v) is 11.6. The van der Waals surface area contributed by atoms with Crippen molar-refractivity contribution in [3.8, 4) is 0 Å². The van der Waals surface area contributed by atoms with Crippen LogP contribution in [0.15, 0.2) is 35.4 Å². The summed E-state index contributed by atoms with van der Waals surface area (Å²) in [6, 6.07) is 6.83. The van der Waals surface area contributed by atoms with Gasteiger partial charge in [-0.15, -0.1) is 0 Å². The van der Waals surface area contributed by atoms with Crippen LogP contribution in [0.1, 0.15) is 51.9 Å². The Morgan fingerprint density at radius 1 is 1.22 bits per heavy atom. The first-order chi connectivity index (χ1) is 13.0. The topological polar surface area (TPSA) is 76.3 Å². The number of unbranched alkanes of at least 4 members (excludes halogenated alkanes) is 3. The van der Waals surface area contributed by atoms with E-state index in [4.69, 9.17) is 17.3 Å². The molecular weight excluding hydrogens is 382 g/mol. The maximum atomic E-state index is 13.4. The smallest absolute Gasteiger partial charge is 0.245 e. The van der Waals surface area contributed by atoms with Gasteiger partial charge in [-0.3, -0.25) is 0 Å². The van der Waals surface area contributed by atoms with Crippen LogP contribution < -0.4 is 5.73 Å². The molecule has 3 rings (SSSR count). The van der Waals surface area contributed by atoms with Crippen LogP contribution in [-0.2, 0) is 10.0 Å². The lowest BCUT2D eigenvalue weighted by Crippen LogP contribution is -2.53. The minimum absolute atomic E-state index is 0.214. The summed E-state index contributed by atoms with van der Waals surface area (Å²) in [5.41, 5.74) is 6.44. The quantitative estimate of drug-likeness (QED) is 0.537. The van der Waals surface area contributed by atoms with E-state index >= 15 is 0 Å². The van der Waals surface area contributed by atoms with Gasteiger partial charge in [0.2, 0.25) is 10.0 Å². The molecule has 1 fully saturated rings. The third-order valence-corrected chi connectivity index (χ3v) is 7.76. The van der Waals surface area contributed by atoms with Crippen molar-refractivity contribution < 1.29 is 8.42 Å². The van der Waals surface area contributed by atoms with Crippen molar-refractivity contribution in [2.75, 3.05) is 6.54 Å². The van der Waals surface area contributed by atoms with Crippen molar-refractivity contribution in [2.45, 2.75) is 62.9 Å². The maximum absolute atomic E-state index is 13.4. The zero-order chi connectivity index (χ0) is 19.4. The first kappa shape index (κ1) is 20.5. The lowest BCUT2D eigenvalue weighted by atomic mass is 9.90. The van der Waals surface area contributed by atoms with Crippen molar-refractivity contribution in [2.24, 2.45) is 11.7 Å². The van der Waals surface area contributed by atoms with Gasteiger partial charge < -0.3 is 5.73 Å². The number of fused-ring (bicyclic) bond motifs is 1. The Bertz CT molecular complexity index is 888. The van der Waals surface area contributed by atoms with Crippen molar-refractivity contribution in [1.29, 1.82) is 0 Å². The maximum Gasteiger partial charge on any atom is 0.245 e. The van der Waals surface area contributed by atoms with Crippen molar-refractivity contribution in [1.82, 2.24) is 9.29 Å². The van der Waals surface area contributed by atoms with E-state index in [9.17, 15) is 8.42 Å². The van der Waals surface area contributed by atoms with E-state index in [1.165, 1.54) is 29.8 Å². The number of piperidine rings is 1. The van der Waals surface area contributed by atoms with Crippen LogP contribution in [0.25, 0.3) is 10.8 Å². The van der Waals surface area contributed by atoms with Gasteiger partial charge in [0.25, 0.3) is 0 Å². The number of pyridine rings is 1. The second kappa shape index (κ2) is 8.86. The Morgan fingerprint density at radius 3 is 2.81 bits per heavy atom. The van der Waals surface area contributed by atoms with Crippen LogP contribution in [0.5, 0.6) is 0 Å². The predicted molar refractivity (Wildman–Crippen MR) is 110 cm³/mol. The van der Waals surface area contributed by atoms with Gasteiger partial charge in [-0.25, -0.2) is 13.4 Å². The van der Waals surface area contributed by atoms with Crippen LogP contribution in [0.3, 0.4) is 0 Å². The highest BCUT2D eigenvalue weighted by Crippen LogP contribution is 2.33. The van der Waals surface area contributed by atoms with Crippen LogP contribution in [0.2, 0.25) is 5.15 Å². The molecule has 0 spiro atoms. The number of hydrogen-bond acceptors (Lipinski definition) is 4. The minimum atomic E-state index is -3.70. The predicted octanol–water partition coefficient (Wildman–Crippen LogP) is 4.54. The zero-order valence-electron chi connectivity index (χ0n) is 15.8. The average molecular weight is 410 g/mol. The first-order valence-electron chi connectivity index (χ1n) is 9.77. The van der Waals surface area contributed by atoms with E-state index in [0.717, 1.165) is 25.7 Å². The van der Waals surface area contributed by atoms with Crippen molar-refractivity contribution >= 4 is 32.4 Å². The van der Waals surface area contributed by atoms with E-state index in [1.54, 1.807) is 24.3 Å². The van der Waals surface area contributed by atoms with Crippen LogP contribution in [0.4, 0.5) is 0 Å². The SMILES string of the molecule is CCCCCCC1CCCN(S(=O)(=O)c2cccc3c(Cl)nccc23)C1N. The molecule has 5 nitrogen and oxygen atoms in total. The fraction of sp³-hybridized carbons (Fsp3) is 0.550. The highest BCUT2D eigenvalue weighted by molar-refractivity contribution is 7.89. The average Bonchev–Trinajstić information content (AvgIpc) is 2.66. The molecule has 0 radical (unpaired) electrons. The number of nitrogens with zero attached hydrogens (tertiary/aromatic N) is 2. The summed E-state index contributed by atoms with van der Waals surface area (Å²) < 4.78 is 28.3. The third-order valence-electron chi connectivity index (χ3n) is 5.50. The Morgan fingerprint density at radius 2 is 2.04 bits per heavy atom. The normalized spacial score (nSPS) is 21.6. The lowest BCUT2D eigenvalue weighted by molar-refractivity contribution is 0.168. The molecule has 1 aromatic carbocycles. The van der Waals surface area contributed by atoms with Crippen molar-refractivity contribution in [3.05, 3.63) is 35.6 Å². The number of rotatable bonds is 7. The number of halogens is 1. The summed E-state index contributed by atoms with van der Waals surface area (Å²) in [7, 11) is -3.70. The van der Waals surface area contributed by atoms with Crippen molar-refractivity contribution in [3.63, 3.8) is 0 Å². The highest BCUT2D eigenvalue weighted by atomic mass is 35.5. The molecule has 1 aliphatic rings. The molecular formula is C20H28ClN3O2S. The van der Waals surface area contributed by atoms with Gasteiger partial charge in [-0.1, -0.05) is 56.3 Å². The van der Waals surface area contributed by atoms with Crippen LogP contribution in [-0.4, -0.2) is 30.4 Å². The second-order valence-electron chi connectivity index (χ2n) is 7.31. The summed E-state index contributed by atoms with van der Waals surface area (Å²) in [4.78, 5) is 4.31. The van der Waals surface area contributed by atoms with E-state index in [-0.39, 0.29) is 10.8 Å². The zero-order valence-corrected chi connectivity index (χ0v) is 17.3. The monoisotopic (exact) mass is 409 g/mol. The van der Waals surface area contributed by atoms with Gasteiger partial charge in [0.15, 0.2) is 0 Å². The van der Waals surface area contributed by atoms with Gasteiger partial charge in [-0.05, 0) is 37.3 Å². The van der Waals surface area contributed by atoms with E-state index < -0.39 is 16.2 Å². The largest absolute Gasteiger partial charge is 0.315 e. The molecule has 27 heavy (non-hydrogen) atoms. The molecule has 1 aromatic heterocycles. The molecule has 2 atom stereocenters. The number of benzene rings is 1. The molecule has 1 aliphatic heterocycles. The fourth-order valence-electron chi connectivity index (χ4n) is 3.99. The Hall–Kier alpha value is -1.21. The molecule has 0 aliphatic carbocycles. The van der Waals surface area contributed by atoms with E-state index in [2.05, 4.69) is 11.9 Å². The summed E-state index contributed by atoms with van der Waals surface area (Å²) >= 11 is 6.16. The number of nitrogens with two attached hydrogens (primary N) is 1. The van der Waals surface area contributed by atoms with Crippen LogP contribution in [0, 0.1) is 5.92 Å². The molecule has 2 N–H and O–H groups in total. The number of hydrogen-bond donors (Lipinski definition) is 1. The molecule has 0 amide bonds. The van der Waals surface area contributed by atoms with Gasteiger partial charge in [-0.2, -0.15) is 4.31 Å². The molecule has 148 valence electrons. The lowest BCUT2D eigenvalue weighted by Gasteiger charge is -2.38. The minimum Gasteiger partial charge on any atom is -0.315 e.